The minimum absolute atomic E-state index is 0.0615. The number of carbonyl (C=O) groups excluding carboxylic acids is 1. The Balaban J connectivity index is 1.43. The van der Waals surface area contributed by atoms with Crippen LogP contribution in [0.2, 0.25) is 0 Å². The van der Waals surface area contributed by atoms with E-state index in [0.717, 1.165) is 54.9 Å². The van der Waals surface area contributed by atoms with Gasteiger partial charge in [-0.2, -0.15) is 0 Å². The van der Waals surface area contributed by atoms with Crippen molar-refractivity contribution in [1.29, 1.82) is 5.41 Å². The van der Waals surface area contributed by atoms with Gasteiger partial charge in [0.15, 0.2) is 0 Å². The lowest BCUT2D eigenvalue weighted by atomic mass is 9.98. The van der Waals surface area contributed by atoms with Crippen molar-refractivity contribution in [3.05, 3.63) is 59.5 Å². The molecule has 1 saturated carbocycles. The predicted molar refractivity (Wildman–Crippen MR) is 127 cm³/mol. The number of aryl methyl sites for hydroxylation is 1. The summed E-state index contributed by atoms with van der Waals surface area (Å²) in [6, 6.07) is 7.82. The van der Waals surface area contributed by atoms with E-state index >= 15 is 0 Å². The standard InChI is InChI=1S/C25H31N5O2/c1-17-3-4-19(25(31)29-21-5-6-21)9-24(17)20(11-26)12-28-22-10-23(14-27-13-22)32-16-18-7-8-30(2)15-18/h3-4,9-14,18,21,26,28H,5-8,15-16H2,1-2H3,(H,29,31)/b20-12+,26-11?. The van der Waals surface area contributed by atoms with Gasteiger partial charge >= 0.3 is 0 Å². The average Bonchev–Trinajstić information content (AvgIpc) is 3.51. The second-order valence-corrected chi connectivity index (χ2v) is 8.80. The third kappa shape index (κ3) is 5.73. The second-order valence-electron chi connectivity index (χ2n) is 8.80. The summed E-state index contributed by atoms with van der Waals surface area (Å²) in [5, 5.41) is 14.1. The summed E-state index contributed by atoms with van der Waals surface area (Å²) in [6.45, 7) is 4.85. The molecule has 1 saturated heterocycles. The van der Waals surface area contributed by atoms with Crippen LogP contribution in [0.25, 0.3) is 5.57 Å². The van der Waals surface area contributed by atoms with E-state index in [0.29, 0.717) is 29.7 Å². The topological polar surface area (TPSA) is 90.3 Å². The van der Waals surface area contributed by atoms with Crippen LogP contribution < -0.4 is 15.4 Å². The first-order valence-electron chi connectivity index (χ1n) is 11.2. The molecule has 2 aromatic rings. The fourth-order valence-electron chi connectivity index (χ4n) is 3.88. The quantitative estimate of drug-likeness (QED) is 0.525. The third-order valence-electron chi connectivity index (χ3n) is 5.96. The van der Waals surface area contributed by atoms with Crippen molar-refractivity contribution in [3.8, 4) is 5.75 Å². The van der Waals surface area contributed by atoms with E-state index in [1.165, 1.54) is 6.21 Å². The van der Waals surface area contributed by atoms with Crippen LogP contribution in [-0.2, 0) is 0 Å². The first-order chi connectivity index (χ1) is 15.5. The van der Waals surface area contributed by atoms with Gasteiger partial charge in [-0.05, 0) is 63.0 Å². The predicted octanol–water partition coefficient (Wildman–Crippen LogP) is 3.72. The van der Waals surface area contributed by atoms with Crippen LogP contribution in [0.3, 0.4) is 0 Å². The van der Waals surface area contributed by atoms with Crippen molar-refractivity contribution < 1.29 is 9.53 Å². The summed E-state index contributed by atoms with van der Waals surface area (Å²) in [7, 11) is 2.14. The molecule has 1 aliphatic carbocycles. The highest BCUT2D eigenvalue weighted by Crippen LogP contribution is 2.23. The molecule has 1 unspecified atom stereocenters. The van der Waals surface area contributed by atoms with E-state index in [-0.39, 0.29) is 5.91 Å². The first kappa shape index (κ1) is 22.0. The molecule has 32 heavy (non-hydrogen) atoms. The van der Waals surface area contributed by atoms with Gasteiger partial charge in [-0.3, -0.25) is 9.78 Å². The van der Waals surface area contributed by atoms with Gasteiger partial charge in [0.2, 0.25) is 0 Å². The average molecular weight is 434 g/mol. The highest BCUT2D eigenvalue weighted by molar-refractivity contribution is 6.10. The summed E-state index contributed by atoms with van der Waals surface area (Å²) < 4.78 is 5.96. The van der Waals surface area contributed by atoms with E-state index in [9.17, 15) is 4.79 Å². The number of nitrogens with zero attached hydrogens (tertiary/aromatic N) is 2. The maximum absolute atomic E-state index is 12.4. The lowest BCUT2D eigenvalue weighted by Gasteiger charge is -2.13. The number of nitrogens with one attached hydrogen (secondary N) is 3. The van der Waals surface area contributed by atoms with Crippen molar-refractivity contribution in [2.24, 2.45) is 5.92 Å². The molecule has 0 bridgehead atoms. The summed E-state index contributed by atoms with van der Waals surface area (Å²) >= 11 is 0. The van der Waals surface area contributed by atoms with Gasteiger partial charge in [0.1, 0.15) is 5.75 Å². The summed E-state index contributed by atoms with van der Waals surface area (Å²) in [6.07, 6.45) is 9.76. The molecule has 3 N–H and O–H groups in total. The number of ether oxygens (including phenoxy) is 1. The van der Waals surface area contributed by atoms with Crippen molar-refractivity contribution >= 4 is 23.4 Å². The summed E-state index contributed by atoms with van der Waals surface area (Å²) in [5.41, 5.74) is 3.93. The molecule has 1 aliphatic heterocycles. The number of hydrogen-bond acceptors (Lipinski definition) is 6. The molecule has 2 aliphatic rings. The number of hydrogen-bond donors (Lipinski definition) is 3. The lowest BCUT2D eigenvalue weighted by molar-refractivity contribution is 0.0951. The monoisotopic (exact) mass is 433 g/mol. The number of pyridine rings is 1. The Labute approximate surface area is 189 Å². The highest BCUT2D eigenvalue weighted by atomic mass is 16.5. The van der Waals surface area contributed by atoms with E-state index in [2.05, 4.69) is 27.6 Å². The Morgan fingerprint density at radius 3 is 2.84 bits per heavy atom. The van der Waals surface area contributed by atoms with Crippen LogP contribution in [0.15, 0.2) is 42.9 Å². The minimum Gasteiger partial charge on any atom is -0.492 e. The molecule has 7 heteroatoms. The molecule has 1 amide bonds. The Morgan fingerprint density at radius 2 is 2.12 bits per heavy atom. The largest absolute Gasteiger partial charge is 0.492 e. The second kappa shape index (κ2) is 9.96. The van der Waals surface area contributed by atoms with Gasteiger partial charge in [0.25, 0.3) is 5.91 Å². The summed E-state index contributed by atoms with van der Waals surface area (Å²) in [4.78, 5) is 19.0. The number of rotatable bonds is 9. The molecule has 2 heterocycles. The molecule has 168 valence electrons. The van der Waals surface area contributed by atoms with Crippen LogP contribution in [0, 0.1) is 18.3 Å². The molecule has 2 fully saturated rings. The Bertz CT molecular complexity index is 1020. The number of allylic oxidation sites excluding steroid dienone is 1. The minimum atomic E-state index is -0.0615. The zero-order valence-electron chi connectivity index (χ0n) is 18.7. The fourth-order valence-corrected chi connectivity index (χ4v) is 3.88. The van der Waals surface area contributed by atoms with E-state index in [1.807, 2.05) is 31.2 Å². The van der Waals surface area contributed by atoms with Crippen LogP contribution in [0.1, 0.15) is 40.7 Å². The Hall–Kier alpha value is -3.19. The molecular weight excluding hydrogens is 402 g/mol. The van der Waals surface area contributed by atoms with Gasteiger partial charge in [-0.15, -0.1) is 0 Å². The third-order valence-corrected chi connectivity index (χ3v) is 5.96. The SMILES string of the molecule is Cc1ccc(C(=O)NC2CC2)cc1/C(C=N)=C/Nc1cncc(OCC2CCN(C)C2)c1. The van der Waals surface area contributed by atoms with Crippen LogP contribution in [0.4, 0.5) is 5.69 Å². The normalized spacial score (nSPS) is 18.9. The van der Waals surface area contributed by atoms with Gasteiger partial charge in [-0.1, -0.05) is 6.07 Å². The zero-order valence-corrected chi connectivity index (χ0v) is 18.7. The Morgan fingerprint density at radius 1 is 1.28 bits per heavy atom. The van der Waals surface area contributed by atoms with Crippen molar-refractivity contribution in [2.75, 3.05) is 32.1 Å². The van der Waals surface area contributed by atoms with Crippen molar-refractivity contribution in [2.45, 2.75) is 32.2 Å². The number of carbonyl (C=O) groups is 1. The number of amides is 1. The smallest absolute Gasteiger partial charge is 0.251 e. The molecule has 4 rings (SSSR count). The maximum atomic E-state index is 12.4. The van der Waals surface area contributed by atoms with Gasteiger partial charge in [-0.25, -0.2) is 0 Å². The van der Waals surface area contributed by atoms with Crippen LogP contribution in [0.5, 0.6) is 5.75 Å². The number of benzene rings is 1. The lowest BCUT2D eigenvalue weighted by Crippen LogP contribution is -2.25. The number of anilines is 1. The van der Waals surface area contributed by atoms with Gasteiger partial charge in [0.05, 0.1) is 24.7 Å². The van der Waals surface area contributed by atoms with E-state index in [4.69, 9.17) is 10.1 Å². The summed E-state index contributed by atoms with van der Waals surface area (Å²) in [5.74, 6) is 1.21. The molecule has 1 atom stereocenters. The fraction of sp³-hybridized carbons (Fsp3) is 0.400. The molecule has 1 aromatic heterocycles. The number of likely N-dealkylation sites (tertiary alicyclic amines) is 1. The molecule has 0 spiro atoms. The highest BCUT2D eigenvalue weighted by Gasteiger charge is 2.24. The Kier molecular flexibility index (Phi) is 6.85. The zero-order chi connectivity index (χ0) is 22.5. The van der Waals surface area contributed by atoms with Gasteiger partial charge < -0.3 is 25.7 Å². The molecule has 1 aromatic carbocycles. The van der Waals surface area contributed by atoms with Crippen LogP contribution in [-0.4, -0.2) is 54.8 Å². The van der Waals surface area contributed by atoms with Crippen molar-refractivity contribution in [3.63, 3.8) is 0 Å². The maximum Gasteiger partial charge on any atom is 0.251 e. The molecular formula is C25H31N5O2. The van der Waals surface area contributed by atoms with Crippen LogP contribution >= 0.6 is 0 Å². The molecule has 0 radical (unpaired) electrons. The molecule has 7 nitrogen and oxygen atoms in total. The first-order valence-corrected chi connectivity index (χ1v) is 11.2. The number of aromatic nitrogens is 1. The van der Waals surface area contributed by atoms with Gasteiger partial charge in [0, 0.05) is 48.1 Å². The van der Waals surface area contributed by atoms with E-state index in [1.54, 1.807) is 18.6 Å². The van der Waals surface area contributed by atoms with Crippen molar-refractivity contribution in [1.82, 2.24) is 15.2 Å². The van der Waals surface area contributed by atoms with E-state index < -0.39 is 0 Å².